The zero-order chi connectivity index (χ0) is 11.5. The third kappa shape index (κ3) is 2.12. The van der Waals surface area contributed by atoms with E-state index in [0.29, 0.717) is 0 Å². The standard InChI is InChI=1S/C13H10.C4H8/c1-4-10-6-2-8-12-9-3-7-11(5-1)13(10)12;1-2-4-3-1/h1-8H,9H2;1-4H2. The normalized spacial score (nSPS) is 16.0. The van der Waals surface area contributed by atoms with Gasteiger partial charge >= 0.3 is 0 Å². The van der Waals surface area contributed by atoms with Crippen LogP contribution in [0.1, 0.15) is 36.8 Å². The molecule has 86 valence electrons. The number of hydrogen-bond acceptors (Lipinski definition) is 0. The van der Waals surface area contributed by atoms with Crippen molar-refractivity contribution in [1.29, 1.82) is 0 Å². The van der Waals surface area contributed by atoms with E-state index in [4.69, 9.17) is 0 Å². The molecule has 0 saturated heterocycles. The largest absolute Gasteiger partial charge is 0.0795 e. The maximum atomic E-state index is 2.23. The third-order valence-corrected chi connectivity index (χ3v) is 3.66. The van der Waals surface area contributed by atoms with Gasteiger partial charge in [0.05, 0.1) is 0 Å². The summed E-state index contributed by atoms with van der Waals surface area (Å²) in [6.07, 6.45) is 11.5. The smallest absolute Gasteiger partial charge is 0.00763 e. The van der Waals surface area contributed by atoms with Crippen molar-refractivity contribution in [2.45, 2.75) is 32.1 Å². The van der Waals surface area contributed by atoms with Gasteiger partial charge in [-0.15, -0.1) is 0 Å². The molecule has 0 bridgehead atoms. The third-order valence-electron chi connectivity index (χ3n) is 3.66. The van der Waals surface area contributed by atoms with Gasteiger partial charge in [0.25, 0.3) is 0 Å². The van der Waals surface area contributed by atoms with E-state index in [1.165, 1.54) is 47.6 Å². The second kappa shape index (κ2) is 4.75. The molecule has 0 N–H and O–H groups in total. The molecule has 0 radical (unpaired) electrons. The fraction of sp³-hybridized carbons (Fsp3) is 0.294. The summed E-state index contributed by atoms with van der Waals surface area (Å²) in [7, 11) is 0. The first-order valence-corrected chi connectivity index (χ1v) is 6.62. The molecule has 2 aliphatic carbocycles. The Morgan fingerprint density at radius 2 is 1.47 bits per heavy atom. The van der Waals surface area contributed by atoms with E-state index in [-0.39, 0.29) is 0 Å². The Kier molecular flexibility index (Phi) is 2.96. The summed E-state index contributed by atoms with van der Waals surface area (Å²) in [6.45, 7) is 0. The molecule has 0 nitrogen and oxygen atoms in total. The number of hydrogen-bond donors (Lipinski definition) is 0. The van der Waals surface area contributed by atoms with Crippen LogP contribution in [-0.2, 0) is 6.42 Å². The van der Waals surface area contributed by atoms with Gasteiger partial charge < -0.3 is 0 Å². The monoisotopic (exact) mass is 222 g/mol. The number of allylic oxidation sites excluding steroid dienone is 1. The first-order valence-electron chi connectivity index (χ1n) is 6.62. The van der Waals surface area contributed by atoms with E-state index in [9.17, 15) is 0 Å². The molecule has 17 heavy (non-hydrogen) atoms. The first kappa shape index (κ1) is 10.6. The summed E-state index contributed by atoms with van der Waals surface area (Å²) in [4.78, 5) is 0. The molecule has 0 aliphatic heterocycles. The second-order valence-electron chi connectivity index (χ2n) is 4.88. The van der Waals surface area contributed by atoms with E-state index in [0.717, 1.165) is 6.42 Å². The molecule has 1 saturated carbocycles. The molecule has 4 rings (SSSR count). The minimum atomic E-state index is 1.08. The highest BCUT2D eigenvalue weighted by Gasteiger charge is 2.06. The predicted molar refractivity (Wildman–Crippen MR) is 75.2 cm³/mol. The van der Waals surface area contributed by atoms with Crippen LogP contribution in [0.5, 0.6) is 0 Å². The molecule has 0 aromatic heterocycles. The predicted octanol–water partition coefficient (Wildman–Crippen LogP) is 4.97. The van der Waals surface area contributed by atoms with Crippen molar-refractivity contribution in [2.75, 3.05) is 0 Å². The molecule has 2 aromatic rings. The van der Waals surface area contributed by atoms with Crippen molar-refractivity contribution in [3.63, 3.8) is 0 Å². The summed E-state index contributed by atoms with van der Waals surface area (Å²) >= 11 is 0. The molecule has 2 aromatic carbocycles. The van der Waals surface area contributed by atoms with Crippen LogP contribution in [0.2, 0.25) is 0 Å². The molecular formula is C17H18. The average molecular weight is 222 g/mol. The van der Waals surface area contributed by atoms with Gasteiger partial charge in [-0.05, 0) is 28.3 Å². The highest BCUT2D eigenvalue weighted by molar-refractivity contribution is 5.94. The molecule has 0 spiro atoms. The van der Waals surface area contributed by atoms with Crippen molar-refractivity contribution in [3.8, 4) is 0 Å². The van der Waals surface area contributed by atoms with Crippen molar-refractivity contribution < 1.29 is 0 Å². The number of benzene rings is 2. The van der Waals surface area contributed by atoms with Crippen LogP contribution < -0.4 is 0 Å². The zero-order valence-corrected chi connectivity index (χ0v) is 10.2. The Balaban J connectivity index is 0.000000193. The molecule has 1 fully saturated rings. The van der Waals surface area contributed by atoms with Crippen LogP contribution in [-0.4, -0.2) is 0 Å². The second-order valence-corrected chi connectivity index (χ2v) is 4.88. The van der Waals surface area contributed by atoms with Gasteiger partial charge in [-0.3, -0.25) is 0 Å². The van der Waals surface area contributed by atoms with Crippen LogP contribution in [0, 0.1) is 0 Å². The van der Waals surface area contributed by atoms with Crippen LogP contribution in [0.3, 0.4) is 0 Å². The summed E-state index contributed by atoms with van der Waals surface area (Å²) < 4.78 is 0. The lowest BCUT2D eigenvalue weighted by molar-refractivity contribution is 0.504. The Labute approximate surface area is 103 Å². The summed E-state index contributed by atoms with van der Waals surface area (Å²) in [6, 6.07) is 13.0. The minimum absolute atomic E-state index is 1.08. The van der Waals surface area contributed by atoms with Crippen molar-refractivity contribution in [3.05, 3.63) is 53.6 Å². The van der Waals surface area contributed by atoms with E-state index in [2.05, 4.69) is 48.6 Å². The molecule has 0 atom stereocenters. The van der Waals surface area contributed by atoms with Crippen LogP contribution in [0.15, 0.2) is 42.5 Å². The van der Waals surface area contributed by atoms with Crippen LogP contribution in [0.4, 0.5) is 0 Å². The van der Waals surface area contributed by atoms with Gasteiger partial charge in [-0.25, -0.2) is 0 Å². The van der Waals surface area contributed by atoms with Gasteiger partial charge in [0.15, 0.2) is 0 Å². The lowest BCUT2D eigenvalue weighted by Gasteiger charge is -2.11. The Morgan fingerprint density at radius 3 is 2.18 bits per heavy atom. The van der Waals surface area contributed by atoms with E-state index in [1.807, 2.05) is 0 Å². The quantitative estimate of drug-likeness (QED) is 0.590. The van der Waals surface area contributed by atoms with E-state index >= 15 is 0 Å². The van der Waals surface area contributed by atoms with E-state index < -0.39 is 0 Å². The minimum Gasteiger partial charge on any atom is -0.0795 e. The van der Waals surface area contributed by atoms with Crippen molar-refractivity contribution >= 4 is 16.8 Å². The fourth-order valence-corrected chi connectivity index (χ4v) is 2.32. The lowest BCUT2D eigenvalue weighted by Crippen LogP contribution is -1.91. The summed E-state index contributed by atoms with van der Waals surface area (Å²) in [5.74, 6) is 0. The van der Waals surface area contributed by atoms with Crippen LogP contribution in [0.25, 0.3) is 16.8 Å². The fourth-order valence-electron chi connectivity index (χ4n) is 2.32. The van der Waals surface area contributed by atoms with Gasteiger partial charge in [-0.2, -0.15) is 0 Å². The highest BCUT2D eigenvalue weighted by atomic mass is 14.1. The van der Waals surface area contributed by atoms with Gasteiger partial charge in [0.1, 0.15) is 0 Å². The molecule has 0 unspecified atom stereocenters. The molecule has 0 heterocycles. The summed E-state index contributed by atoms with van der Waals surface area (Å²) in [5, 5.41) is 2.80. The highest BCUT2D eigenvalue weighted by Crippen LogP contribution is 2.27. The van der Waals surface area contributed by atoms with Crippen molar-refractivity contribution in [1.82, 2.24) is 0 Å². The average Bonchev–Trinajstić information content (AvgIpc) is 2.28. The van der Waals surface area contributed by atoms with Gasteiger partial charge in [0.2, 0.25) is 0 Å². The molecule has 0 amide bonds. The number of rotatable bonds is 0. The Morgan fingerprint density at radius 1 is 0.765 bits per heavy atom. The molecular weight excluding hydrogens is 204 g/mol. The van der Waals surface area contributed by atoms with Gasteiger partial charge in [0, 0.05) is 0 Å². The molecule has 0 heteroatoms. The maximum absolute atomic E-state index is 2.23. The Bertz CT molecular complexity index is 536. The lowest BCUT2D eigenvalue weighted by atomic mass is 9.93. The Hall–Kier alpha value is -1.56. The van der Waals surface area contributed by atoms with Gasteiger partial charge in [-0.1, -0.05) is 74.2 Å². The topological polar surface area (TPSA) is 0 Å². The SMILES string of the molecule is C1=Cc2cccc3cccc(c23)C1.C1CCC1. The van der Waals surface area contributed by atoms with Crippen LogP contribution >= 0.6 is 0 Å². The maximum Gasteiger partial charge on any atom is -0.00763 e. The first-order chi connectivity index (χ1) is 8.45. The molecule has 2 aliphatic rings. The summed E-state index contributed by atoms with van der Waals surface area (Å²) in [5.41, 5.74) is 2.81. The van der Waals surface area contributed by atoms with Crippen molar-refractivity contribution in [2.24, 2.45) is 0 Å². The van der Waals surface area contributed by atoms with E-state index in [1.54, 1.807) is 0 Å². The zero-order valence-electron chi connectivity index (χ0n) is 10.2.